The van der Waals surface area contributed by atoms with Crippen LogP contribution < -0.4 is 5.32 Å². The third kappa shape index (κ3) is 4.39. The van der Waals surface area contributed by atoms with Gasteiger partial charge in [0.25, 0.3) is 0 Å². The molecule has 0 saturated carbocycles. The number of ether oxygens (including phenoxy) is 2. The quantitative estimate of drug-likeness (QED) is 0.609. The largest absolute Gasteiger partial charge is 0.457 e. The van der Waals surface area contributed by atoms with Gasteiger partial charge >= 0.3 is 0 Å². The molecule has 0 saturated heterocycles. The highest BCUT2D eigenvalue weighted by Crippen LogP contribution is 2.30. The Morgan fingerprint density at radius 1 is 1.13 bits per heavy atom. The van der Waals surface area contributed by atoms with E-state index < -0.39 is 0 Å². The zero-order valence-corrected chi connectivity index (χ0v) is 13.9. The third-order valence-electron chi connectivity index (χ3n) is 3.32. The first-order valence-electron chi connectivity index (χ1n) is 7.59. The minimum Gasteiger partial charge on any atom is -0.457 e. The summed E-state index contributed by atoms with van der Waals surface area (Å²) in [7, 11) is 1.67. The van der Waals surface area contributed by atoms with Gasteiger partial charge in [-0.1, -0.05) is 12.1 Å². The van der Waals surface area contributed by atoms with E-state index in [0.29, 0.717) is 26.4 Å². The number of nitrogens with zero attached hydrogens (tertiary/aromatic N) is 1. The predicted molar refractivity (Wildman–Crippen MR) is 91.7 cm³/mol. The SMILES string of the molecule is COCCOCCNCc1ccc(-c2nc3ccccc3s2)o1. The van der Waals surface area contributed by atoms with Crippen molar-refractivity contribution in [3.8, 4) is 10.8 Å². The van der Waals surface area contributed by atoms with Crippen LogP contribution in [-0.4, -0.2) is 38.5 Å². The number of para-hydroxylation sites is 1. The van der Waals surface area contributed by atoms with Gasteiger partial charge < -0.3 is 19.2 Å². The van der Waals surface area contributed by atoms with Crippen LogP contribution in [0.5, 0.6) is 0 Å². The average molecular weight is 332 g/mol. The molecule has 122 valence electrons. The molecule has 5 nitrogen and oxygen atoms in total. The molecule has 1 N–H and O–H groups in total. The summed E-state index contributed by atoms with van der Waals surface area (Å²) in [6.45, 7) is 3.37. The summed E-state index contributed by atoms with van der Waals surface area (Å²) in [6, 6.07) is 12.1. The second-order valence-corrected chi connectivity index (χ2v) is 6.07. The Balaban J connectivity index is 1.50. The van der Waals surface area contributed by atoms with Gasteiger partial charge in [-0.15, -0.1) is 11.3 Å². The van der Waals surface area contributed by atoms with Crippen LogP contribution in [0.4, 0.5) is 0 Å². The number of nitrogens with one attached hydrogen (secondary N) is 1. The van der Waals surface area contributed by atoms with Crippen molar-refractivity contribution in [3.63, 3.8) is 0 Å². The molecule has 0 aliphatic rings. The minimum atomic E-state index is 0.626. The molecule has 2 heterocycles. The van der Waals surface area contributed by atoms with Crippen LogP contribution in [0.1, 0.15) is 5.76 Å². The molecule has 0 bridgehead atoms. The Morgan fingerprint density at radius 3 is 2.91 bits per heavy atom. The fourth-order valence-corrected chi connectivity index (χ4v) is 3.09. The maximum atomic E-state index is 5.87. The van der Waals surface area contributed by atoms with E-state index in [0.717, 1.165) is 28.6 Å². The maximum absolute atomic E-state index is 5.87. The Labute approximate surface area is 139 Å². The Hall–Kier alpha value is -1.73. The number of methoxy groups -OCH3 is 1. The second-order valence-electron chi connectivity index (χ2n) is 5.03. The molecular formula is C17H20N2O3S. The summed E-state index contributed by atoms with van der Waals surface area (Å²) in [5, 5.41) is 4.21. The number of hydrogen-bond acceptors (Lipinski definition) is 6. The molecule has 0 radical (unpaired) electrons. The van der Waals surface area contributed by atoms with Crippen LogP contribution >= 0.6 is 11.3 Å². The highest BCUT2D eigenvalue weighted by molar-refractivity contribution is 7.21. The van der Waals surface area contributed by atoms with Crippen molar-refractivity contribution in [1.29, 1.82) is 0 Å². The fourth-order valence-electron chi connectivity index (χ4n) is 2.17. The first-order valence-corrected chi connectivity index (χ1v) is 8.40. The number of thiazole rings is 1. The molecule has 3 rings (SSSR count). The first kappa shape index (κ1) is 16.1. The Morgan fingerprint density at radius 2 is 2.04 bits per heavy atom. The van der Waals surface area contributed by atoms with Gasteiger partial charge in [0, 0.05) is 13.7 Å². The van der Waals surface area contributed by atoms with E-state index in [-0.39, 0.29) is 0 Å². The van der Waals surface area contributed by atoms with E-state index >= 15 is 0 Å². The lowest BCUT2D eigenvalue weighted by Gasteiger charge is -2.04. The highest BCUT2D eigenvalue weighted by Gasteiger charge is 2.10. The van der Waals surface area contributed by atoms with E-state index in [4.69, 9.17) is 13.9 Å². The minimum absolute atomic E-state index is 0.626. The van der Waals surface area contributed by atoms with Gasteiger partial charge in [-0.2, -0.15) is 0 Å². The maximum Gasteiger partial charge on any atom is 0.163 e. The van der Waals surface area contributed by atoms with Crippen LogP contribution in [0.15, 0.2) is 40.8 Å². The molecule has 23 heavy (non-hydrogen) atoms. The van der Waals surface area contributed by atoms with Crippen LogP contribution in [-0.2, 0) is 16.0 Å². The standard InChI is InChI=1S/C17H20N2O3S/c1-20-10-11-21-9-8-18-12-13-6-7-15(22-13)17-19-14-4-2-3-5-16(14)23-17/h2-7,18H,8-12H2,1H3. The molecule has 3 aromatic rings. The number of benzene rings is 1. The molecule has 2 aromatic heterocycles. The van der Waals surface area contributed by atoms with Crippen molar-refractivity contribution in [1.82, 2.24) is 10.3 Å². The summed E-state index contributed by atoms with van der Waals surface area (Å²) >= 11 is 1.65. The van der Waals surface area contributed by atoms with Crippen molar-refractivity contribution in [2.24, 2.45) is 0 Å². The van der Waals surface area contributed by atoms with Gasteiger partial charge in [0.1, 0.15) is 5.76 Å². The van der Waals surface area contributed by atoms with Crippen molar-refractivity contribution in [2.75, 3.05) is 33.5 Å². The highest BCUT2D eigenvalue weighted by atomic mass is 32.1. The topological polar surface area (TPSA) is 56.5 Å². The van der Waals surface area contributed by atoms with E-state index in [9.17, 15) is 0 Å². The van der Waals surface area contributed by atoms with E-state index in [1.165, 1.54) is 4.70 Å². The zero-order chi connectivity index (χ0) is 15.9. The van der Waals surface area contributed by atoms with Crippen LogP contribution in [0.25, 0.3) is 21.0 Å². The van der Waals surface area contributed by atoms with Gasteiger partial charge in [-0.3, -0.25) is 0 Å². The number of hydrogen-bond donors (Lipinski definition) is 1. The van der Waals surface area contributed by atoms with E-state index in [1.54, 1.807) is 18.4 Å². The van der Waals surface area contributed by atoms with Crippen molar-refractivity contribution >= 4 is 21.6 Å². The fraction of sp³-hybridized carbons (Fsp3) is 0.353. The van der Waals surface area contributed by atoms with Crippen molar-refractivity contribution in [3.05, 3.63) is 42.2 Å². The summed E-state index contributed by atoms with van der Waals surface area (Å²) in [5.74, 6) is 1.72. The van der Waals surface area contributed by atoms with E-state index in [1.807, 2.05) is 30.3 Å². The zero-order valence-electron chi connectivity index (χ0n) is 13.1. The predicted octanol–water partition coefficient (Wildman–Crippen LogP) is 3.31. The number of aromatic nitrogens is 1. The molecule has 0 spiro atoms. The van der Waals surface area contributed by atoms with Crippen LogP contribution in [0.2, 0.25) is 0 Å². The molecule has 0 aliphatic heterocycles. The van der Waals surface area contributed by atoms with Gasteiger partial charge in [-0.25, -0.2) is 4.98 Å². The van der Waals surface area contributed by atoms with E-state index in [2.05, 4.69) is 16.4 Å². The molecule has 0 unspecified atom stereocenters. The summed E-state index contributed by atoms with van der Waals surface area (Å²) in [6.07, 6.45) is 0. The molecule has 0 amide bonds. The lowest BCUT2D eigenvalue weighted by Crippen LogP contribution is -2.19. The van der Waals surface area contributed by atoms with Crippen LogP contribution in [0.3, 0.4) is 0 Å². The van der Waals surface area contributed by atoms with Gasteiger partial charge in [-0.05, 0) is 24.3 Å². The monoisotopic (exact) mass is 332 g/mol. The Bertz CT molecular complexity index is 705. The normalized spacial score (nSPS) is 11.3. The molecule has 6 heteroatoms. The summed E-state index contributed by atoms with van der Waals surface area (Å²) < 4.78 is 17.4. The lowest BCUT2D eigenvalue weighted by atomic mass is 10.3. The number of furan rings is 1. The van der Waals surface area contributed by atoms with Gasteiger partial charge in [0.05, 0.1) is 36.6 Å². The average Bonchev–Trinajstić information content (AvgIpc) is 3.20. The smallest absolute Gasteiger partial charge is 0.163 e. The Kier molecular flexibility index (Phi) is 5.76. The van der Waals surface area contributed by atoms with Crippen LogP contribution in [0, 0.1) is 0 Å². The number of fused-ring (bicyclic) bond motifs is 1. The van der Waals surface area contributed by atoms with Crippen molar-refractivity contribution in [2.45, 2.75) is 6.54 Å². The summed E-state index contributed by atoms with van der Waals surface area (Å²) in [4.78, 5) is 4.61. The van der Waals surface area contributed by atoms with Gasteiger partial charge in [0.2, 0.25) is 0 Å². The lowest BCUT2D eigenvalue weighted by molar-refractivity contribution is 0.0717. The second kappa shape index (κ2) is 8.21. The molecule has 1 aromatic carbocycles. The molecule has 0 fully saturated rings. The number of rotatable bonds is 9. The molecule has 0 atom stereocenters. The third-order valence-corrected chi connectivity index (χ3v) is 4.37. The van der Waals surface area contributed by atoms with Crippen molar-refractivity contribution < 1.29 is 13.9 Å². The summed E-state index contributed by atoms with van der Waals surface area (Å²) in [5.41, 5.74) is 1.01. The molecular weight excluding hydrogens is 312 g/mol. The van der Waals surface area contributed by atoms with Gasteiger partial charge in [0.15, 0.2) is 10.8 Å². The first-order chi connectivity index (χ1) is 11.4. The molecule has 0 aliphatic carbocycles.